The molecular formula is C20H23ClN4O3. The van der Waals surface area contributed by atoms with Crippen LogP contribution in [-0.2, 0) is 17.8 Å². The van der Waals surface area contributed by atoms with Crippen molar-refractivity contribution < 1.29 is 4.74 Å². The van der Waals surface area contributed by atoms with Gasteiger partial charge >= 0.3 is 0 Å². The van der Waals surface area contributed by atoms with E-state index < -0.39 is 0 Å². The third kappa shape index (κ3) is 3.53. The van der Waals surface area contributed by atoms with Crippen molar-refractivity contribution in [2.45, 2.75) is 25.9 Å². The normalized spacial score (nSPS) is 14.9. The molecule has 0 radical (unpaired) electrons. The number of hydrogen-bond acceptors (Lipinski definition) is 4. The lowest BCUT2D eigenvalue weighted by Gasteiger charge is -2.19. The van der Waals surface area contributed by atoms with Gasteiger partial charge in [0.1, 0.15) is 0 Å². The van der Waals surface area contributed by atoms with Crippen molar-refractivity contribution in [3.63, 3.8) is 0 Å². The Labute approximate surface area is 167 Å². The number of H-pyrrole nitrogens is 1. The molecule has 0 bridgehead atoms. The highest BCUT2D eigenvalue weighted by Gasteiger charge is 2.21. The van der Waals surface area contributed by atoms with Crippen LogP contribution in [0.1, 0.15) is 18.5 Å². The van der Waals surface area contributed by atoms with Crippen molar-refractivity contribution in [3.05, 3.63) is 61.8 Å². The van der Waals surface area contributed by atoms with Gasteiger partial charge in [0.2, 0.25) is 0 Å². The minimum Gasteiger partial charge on any atom is -0.383 e. The minimum absolute atomic E-state index is 0.141. The van der Waals surface area contributed by atoms with Crippen LogP contribution in [0.2, 0.25) is 5.02 Å². The molecule has 0 unspecified atom stereocenters. The monoisotopic (exact) mass is 402 g/mol. The molecule has 3 aromatic rings. The van der Waals surface area contributed by atoms with Crippen molar-refractivity contribution in [1.82, 2.24) is 19.2 Å². The van der Waals surface area contributed by atoms with E-state index >= 15 is 0 Å². The number of nitrogens with one attached hydrogen (secondary N) is 1. The summed E-state index contributed by atoms with van der Waals surface area (Å²) in [6.07, 6.45) is 2.27. The van der Waals surface area contributed by atoms with Crippen molar-refractivity contribution in [2.75, 3.05) is 26.8 Å². The van der Waals surface area contributed by atoms with E-state index in [9.17, 15) is 9.59 Å². The maximum Gasteiger partial charge on any atom is 0.280 e. The number of aromatic nitrogens is 3. The van der Waals surface area contributed by atoms with Gasteiger partial charge in [0.15, 0.2) is 0 Å². The van der Waals surface area contributed by atoms with Gasteiger partial charge in [-0.2, -0.15) is 0 Å². The Morgan fingerprint density at radius 3 is 2.68 bits per heavy atom. The minimum atomic E-state index is -0.183. The quantitative estimate of drug-likeness (QED) is 0.687. The standard InChI is InChI=1S/C20H23ClN4O3/c1-28-10-9-24-17(13-23-7-2-3-8-23)19-16(12-18(24)26)22-25(20(19)27)15-6-4-5-14(21)11-15/h4-6,11-12,22H,2-3,7-10,13H2,1H3. The Hall–Kier alpha value is -2.35. The molecule has 7 nitrogen and oxygen atoms in total. The summed E-state index contributed by atoms with van der Waals surface area (Å²) in [5.74, 6) is 0. The van der Waals surface area contributed by atoms with E-state index in [0.29, 0.717) is 41.3 Å². The highest BCUT2D eigenvalue weighted by molar-refractivity contribution is 6.30. The molecular weight excluding hydrogens is 380 g/mol. The fourth-order valence-corrected chi connectivity index (χ4v) is 4.03. The number of likely N-dealkylation sites (tertiary alicyclic amines) is 1. The second-order valence-electron chi connectivity index (χ2n) is 7.08. The van der Waals surface area contributed by atoms with Gasteiger partial charge in [-0.3, -0.25) is 19.6 Å². The Balaban J connectivity index is 1.92. The van der Waals surface area contributed by atoms with Gasteiger partial charge in [0, 0.05) is 31.3 Å². The summed E-state index contributed by atoms with van der Waals surface area (Å²) < 4.78 is 8.29. The van der Waals surface area contributed by atoms with E-state index in [-0.39, 0.29) is 11.1 Å². The maximum absolute atomic E-state index is 13.3. The van der Waals surface area contributed by atoms with Crippen LogP contribution in [0.25, 0.3) is 16.6 Å². The Bertz CT molecular complexity index is 1110. The lowest BCUT2D eigenvalue weighted by molar-refractivity contribution is 0.184. The van der Waals surface area contributed by atoms with Crippen LogP contribution in [0.15, 0.2) is 39.9 Å². The van der Waals surface area contributed by atoms with Gasteiger partial charge in [-0.05, 0) is 44.1 Å². The summed E-state index contributed by atoms with van der Waals surface area (Å²) in [7, 11) is 1.60. The van der Waals surface area contributed by atoms with E-state index in [2.05, 4.69) is 10.00 Å². The van der Waals surface area contributed by atoms with Crippen molar-refractivity contribution in [1.29, 1.82) is 0 Å². The molecule has 0 atom stereocenters. The van der Waals surface area contributed by atoms with Gasteiger partial charge in [0.25, 0.3) is 11.1 Å². The zero-order valence-corrected chi connectivity index (χ0v) is 16.5. The molecule has 1 aliphatic heterocycles. The number of methoxy groups -OCH3 is 1. The predicted octanol–water partition coefficient (Wildman–Crippen LogP) is 2.38. The van der Waals surface area contributed by atoms with Gasteiger partial charge in [0.05, 0.1) is 28.9 Å². The van der Waals surface area contributed by atoms with Crippen LogP contribution in [0, 0.1) is 0 Å². The summed E-state index contributed by atoms with van der Waals surface area (Å²) in [5.41, 5.74) is 1.59. The molecule has 1 aromatic carbocycles. The van der Waals surface area contributed by atoms with Crippen molar-refractivity contribution in [3.8, 4) is 5.69 Å². The third-order valence-electron chi connectivity index (χ3n) is 5.22. The zero-order chi connectivity index (χ0) is 19.7. The number of ether oxygens (including phenoxy) is 1. The van der Waals surface area contributed by atoms with E-state index in [4.69, 9.17) is 16.3 Å². The third-order valence-corrected chi connectivity index (χ3v) is 5.46. The molecule has 1 N–H and O–H groups in total. The predicted molar refractivity (Wildman–Crippen MR) is 110 cm³/mol. The molecule has 2 aromatic heterocycles. The molecule has 1 aliphatic rings. The second kappa shape index (κ2) is 7.95. The summed E-state index contributed by atoms with van der Waals surface area (Å²) >= 11 is 6.09. The van der Waals surface area contributed by atoms with Crippen LogP contribution in [0.5, 0.6) is 0 Å². The first-order chi connectivity index (χ1) is 13.6. The first-order valence-electron chi connectivity index (χ1n) is 9.43. The molecule has 1 fully saturated rings. The van der Waals surface area contributed by atoms with Crippen molar-refractivity contribution in [2.24, 2.45) is 0 Å². The Kier molecular flexibility index (Phi) is 5.39. The average molecular weight is 403 g/mol. The van der Waals surface area contributed by atoms with E-state index in [1.165, 1.54) is 10.7 Å². The fraction of sp³-hybridized carbons (Fsp3) is 0.400. The lowest BCUT2D eigenvalue weighted by atomic mass is 10.2. The molecule has 28 heavy (non-hydrogen) atoms. The lowest BCUT2D eigenvalue weighted by Crippen LogP contribution is -2.30. The second-order valence-corrected chi connectivity index (χ2v) is 7.51. The molecule has 148 valence electrons. The molecule has 0 amide bonds. The highest BCUT2D eigenvalue weighted by Crippen LogP contribution is 2.20. The molecule has 8 heteroatoms. The number of hydrogen-bond donors (Lipinski definition) is 1. The first kappa shape index (κ1) is 19.0. The number of aromatic amines is 1. The molecule has 4 rings (SSSR count). The molecule has 0 saturated carbocycles. The Morgan fingerprint density at radius 1 is 1.18 bits per heavy atom. The van der Waals surface area contributed by atoms with Crippen LogP contribution in [-0.4, -0.2) is 46.1 Å². The zero-order valence-electron chi connectivity index (χ0n) is 15.8. The van der Waals surface area contributed by atoms with Gasteiger partial charge in [-0.15, -0.1) is 0 Å². The van der Waals surface area contributed by atoms with Crippen molar-refractivity contribution >= 4 is 22.5 Å². The largest absolute Gasteiger partial charge is 0.383 e. The van der Waals surface area contributed by atoms with Gasteiger partial charge in [-0.1, -0.05) is 17.7 Å². The maximum atomic E-state index is 13.3. The molecule has 0 aliphatic carbocycles. The Morgan fingerprint density at radius 2 is 1.96 bits per heavy atom. The fourth-order valence-electron chi connectivity index (χ4n) is 3.85. The summed E-state index contributed by atoms with van der Waals surface area (Å²) in [6, 6.07) is 8.56. The molecule has 1 saturated heterocycles. The van der Waals surface area contributed by atoms with Crippen LogP contribution < -0.4 is 11.1 Å². The SMILES string of the molecule is COCCn1c(CN2CCCC2)c2c(=O)n(-c3cccc(Cl)c3)[nH]c2cc1=O. The average Bonchev–Trinajstić information content (AvgIpc) is 3.29. The number of rotatable bonds is 6. The van der Waals surface area contributed by atoms with E-state index in [1.807, 2.05) is 0 Å². The first-order valence-corrected chi connectivity index (χ1v) is 9.81. The summed E-state index contributed by atoms with van der Waals surface area (Å²) in [6.45, 7) is 3.34. The van der Waals surface area contributed by atoms with Crippen LogP contribution in [0.3, 0.4) is 0 Å². The van der Waals surface area contributed by atoms with Gasteiger partial charge < -0.3 is 9.30 Å². The summed E-state index contributed by atoms with van der Waals surface area (Å²) in [4.78, 5) is 28.4. The van der Waals surface area contributed by atoms with Crippen LogP contribution in [0.4, 0.5) is 0 Å². The van der Waals surface area contributed by atoms with Crippen LogP contribution >= 0.6 is 11.6 Å². The molecule has 0 spiro atoms. The number of halogens is 1. The number of pyridine rings is 1. The van der Waals surface area contributed by atoms with E-state index in [1.54, 1.807) is 35.9 Å². The topological polar surface area (TPSA) is 72.3 Å². The van der Waals surface area contributed by atoms with Gasteiger partial charge in [-0.25, -0.2) is 4.68 Å². The number of fused-ring (bicyclic) bond motifs is 1. The van der Waals surface area contributed by atoms with E-state index in [0.717, 1.165) is 31.6 Å². The number of nitrogens with zero attached hydrogens (tertiary/aromatic N) is 3. The molecule has 3 heterocycles. The summed E-state index contributed by atoms with van der Waals surface area (Å²) in [5, 5.41) is 4.16. The smallest absolute Gasteiger partial charge is 0.280 e. The highest BCUT2D eigenvalue weighted by atomic mass is 35.5. The number of benzene rings is 1.